The Bertz CT molecular complexity index is 604. The molecule has 0 fully saturated rings. The molecule has 2 aromatic rings. The number of hydrogen-bond acceptors (Lipinski definition) is 2. The lowest BCUT2D eigenvalue weighted by Gasteiger charge is -2.30. The van der Waals surface area contributed by atoms with Crippen LogP contribution in [0.3, 0.4) is 0 Å². The summed E-state index contributed by atoms with van der Waals surface area (Å²) < 4.78 is 1.20. The van der Waals surface area contributed by atoms with E-state index in [2.05, 4.69) is 70.8 Å². The molecule has 21 heavy (non-hydrogen) atoms. The van der Waals surface area contributed by atoms with E-state index in [1.54, 1.807) is 0 Å². The Morgan fingerprint density at radius 2 is 2.14 bits per heavy atom. The average Bonchev–Trinajstić information content (AvgIpc) is 3.00. The number of benzene rings is 1. The first-order valence-corrected chi connectivity index (χ1v) is 9.26. The fourth-order valence-electron chi connectivity index (χ4n) is 3.05. The minimum atomic E-state index is 0.216. The van der Waals surface area contributed by atoms with Crippen molar-refractivity contribution < 1.29 is 0 Å². The predicted octanol–water partition coefficient (Wildman–Crippen LogP) is 4.94. The largest absolute Gasteiger partial charge is 0.313 e. The van der Waals surface area contributed by atoms with Crippen LogP contribution in [0.1, 0.15) is 36.3 Å². The minimum Gasteiger partial charge on any atom is -0.313 e. The van der Waals surface area contributed by atoms with Gasteiger partial charge in [0.2, 0.25) is 0 Å². The molecule has 0 amide bonds. The lowest BCUT2D eigenvalue weighted by atomic mass is 9.86. The molecule has 0 aliphatic heterocycles. The van der Waals surface area contributed by atoms with E-state index in [1.807, 2.05) is 11.3 Å². The molecule has 1 aromatic heterocycles. The molecule has 3 heteroatoms. The second kappa shape index (κ2) is 6.23. The number of halogens is 1. The van der Waals surface area contributed by atoms with E-state index in [-0.39, 0.29) is 5.41 Å². The summed E-state index contributed by atoms with van der Waals surface area (Å²) in [4.78, 5) is 1.47. The smallest absolute Gasteiger partial charge is 0.0178 e. The van der Waals surface area contributed by atoms with Crippen molar-refractivity contribution in [3.8, 4) is 0 Å². The first-order valence-electron chi connectivity index (χ1n) is 7.59. The van der Waals surface area contributed by atoms with E-state index in [4.69, 9.17) is 0 Å². The van der Waals surface area contributed by atoms with E-state index in [1.165, 1.54) is 33.3 Å². The van der Waals surface area contributed by atoms with Crippen molar-refractivity contribution in [2.45, 2.75) is 44.6 Å². The second-order valence-corrected chi connectivity index (χ2v) is 8.46. The topological polar surface area (TPSA) is 12.0 Å². The van der Waals surface area contributed by atoms with Crippen molar-refractivity contribution in [3.05, 3.63) is 56.2 Å². The van der Waals surface area contributed by atoms with Crippen LogP contribution in [0, 0.1) is 0 Å². The van der Waals surface area contributed by atoms with Gasteiger partial charge < -0.3 is 5.32 Å². The predicted molar refractivity (Wildman–Crippen MR) is 95.3 cm³/mol. The Kier molecular flexibility index (Phi) is 4.53. The molecule has 0 spiro atoms. The Morgan fingerprint density at radius 3 is 2.90 bits per heavy atom. The zero-order valence-electron chi connectivity index (χ0n) is 12.7. The van der Waals surface area contributed by atoms with Crippen LogP contribution in [-0.4, -0.2) is 12.6 Å². The van der Waals surface area contributed by atoms with E-state index >= 15 is 0 Å². The van der Waals surface area contributed by atoms with Gasteiger partial charge in [-0.05, 0) is 54.0 Å². The number of fused-ring (bicyclic) bond motifs is 1. The van der Waals surface area contributed by atoms with Crippen LogP contribution in [-0.2, 0) is 18.3 Å². The Morgan fingerprint density at radius 1 is 1.29 bits per heavy atom. The SMILES string of the molecule is CC(C)(CNC1CCc2cc(Br)ccc2C1)c1cccs1. The number of hydrogen-bond donors (Lipinski definition) is 1. The molecular formula is C18H22BrNS. The highest BCUT2D eigenvalue weighted by molar-refractivity contribution is 9.10. The highest BCUT2D eigenvalue weighted by Gasteiger charge is 2.24. The lowest BCUT2D eigenvalue weighted by Crippen LogP contribution is -2.41. The monoisotopic (exact) mass is 363 g/mol. The molecule has 0 bridgehead atoms. The molecular weight excluding hydrogens is 342 g/mol. The Balaban J connectivity index is 1.61. The summed E-state index contributed by atoms with van der Waals surface area (Å²) in [6, 6.07) is 11.7. The minimum absolute atomic E-state index is 0.216. The normalized spacial score (nSPS) is 18.5. The third-order valence-corrected chi connectivity index (χ3v) is 6.15. The zero-order valence-corrected chi connectivity index (χ0v) is 15.1. The lowest BCUT2D eigenvalue weighted by molar-refractivity contribution is 0.395. The fourth-order valence-corrected chi connectivity index (χ4v) is 4.31. The van der Waals surface area contributed by atoms with E-state index in [9.17, 15) is 0 Å². The molecule has 1 aliphatic carbocycles. The van der Waals surface area contributed by atoms with Gasteiger partial charge in [0.05, 0.1) is 0 Å². The molecule has 1 unspecified atom stereocenters. The van der Waals surface area contributed by atoms with Gasteiger partial charge in [-0.25, -0.2) is 0 Å². The molecule has 1 nitrogen and oxygen atoms in total. The average molecular weight is 364 g/mol. The summed E-state index contributed by atoms with van der Waals surface area (Å²) in [6.45, 7) is 5.71. The van der Waals surface area contributed by atoms with Gasteiger partial charge >= 0.3 is 0 Å². The van der Waals surface area contributed by atoms with Crippen molar-refractivity contribution in [2.75, 3.05) is 6.54 Å². The van der Waals surface area contributed by atoms with Crippen molar-refractivity contribution in [1.29, 1.82) is 0 Å². The Labute approximate surface area is 139 Å². The van der Waals surface area contributed by atoms with Gasteiger partial charge in [0.25, 0.3) is 0 Å². The van der Waals surface area contributed by atoms with Gasteiger partial charge in [-0.3, -0.25) is 0 Å². The number of thiophene rings is 1. The highest BCUT2D eigenvalue weighted by atomic mass is 79.9. The highest BCUT2D eigenvalue weighted by Crippen LogP contribution is 2.28. The quantitative estimate of drug-likeness (QED) is 0.811. The maximum atomic E-state index is 3.80. The van der Waals surface area contributed by atoms with Gasteiger partial charge in [0.15, 0.2) is 0 Å². The first-order chi connectivity index (χ1) is 10.0. The van der Waals surface area contributed by atoms with Crippen LogP contribution >= 0.6 is 27.3 Å². The summed E-state index contributed by atoms with van der Waals surface area (Å²) in [5.41, 5.74) is 3.24. The van der Waals surface area contributed by atoms with Crippen molar-refractivity contribution >= 4 is 27.3 Å². The molecule has 112 valence electrons. The summed E-state index contributed by atoms with van der Waals surface area (Å²) >= 11 is 5.43. The summed E-state index contributed by atoms with van der Waals surface area (Å²) in [5, 5.41) is 5.97. The van der Waals surface area contributed by atoms with Crippen LogP contribution in [0.4, 0.5) is 0 Å². The molecule has 1 heterocycles. The van der Waals surface area contributed by atoms with Gasteiger partial charge in [-0.2, -0.15) is 0 Å². The molecule has 0 saturated heterocycles. The molecule has 1 aliphatic rings. The standard InChI is InChI=1S/C18H22BrNS/c1-18(2,17-4-3-9-21-17)12-20-16-8-6-13-10-15(19)7-5-14(13)11-16/h3-5,7,9-10,16,20H,6,8,11-12H2,1-2H3. The van der Waals surface area contributed by atoms with Crippen molar-refractivity contribution in [3.63, 3.8) is 0 Å². The number of rotatable bonds is 4. The summed E-state index contributed by atoms with van der Waals surface area (Å²) in [6.07, 6.45) is 3.58. The van der Waals surface area contributed by atoms with Gasteiger partial charge in [0, 0.05) is 27.4 Å². The van der Waals surface area contributed by atoms with E-state index < -0.39 is 0 Å². The van der Waals surface area contributed by atoms with E-state index in [0.717, 1.165) is 13.0 Å². The van der Waals surface area contributed by atoms with Crippen molar-refractivity contribution in [2.24, 2.45) is 0 Å². The van der Waals surface area contributed by atoms with Crippen LogP contribution in [0.2, 0.25) is 0 Å². The second-order valence-electron chi connectivity index (χ2n) is 6.59. The van der Waals surface area contributed by atoms with Crippen LogP contribution in [0.15, 0.2) is 40.2 Å². The summed E-state index contributed by atoms with van der Waals surface area (Å²) in [7, 11) is 0. The molecule has 0 radical (unpaired) electrons. The molecule has 1 N–H and O–H groups in total. The van der Waals surface area contributed by atoms with Crippen molar-refractivity contribution in [1.82, 2.24) is 5.32 Å². The fraction of sp³-hybridized carbons (Fsp3) is 0.444. The van der Waals surface area contributed by atoms with Gasteiger partial charge in [-0.1, -0.05) is 41.9 Å². The molecule has 1 atom stereocenters. The zero-order chi connectivity index (χ0) is 14.9. The van der Waals surface area contributed by atoms with Crippen LogP contribution in [0.25, 0.3) is 0 Å². The maximum absolute atomic E-state index is 3.80. The van der Waals surface area contributed by atoms with E-state index in [0.29, 0.717) is 6.04 Å². The first kappa shape index (κ1) is 15.3. The third-order valence-electron chi connectivity index (χ3n) is 4.42. The molecule has 1 aromatic carbocycles. The van der Waals surface area contributed by atoms with Crippen LogP contribution in [0.5, 0.6) is 0 Å². The molecule has 3 rings (SSSR count). The maximum Gasteiger partial charge on any atom is 0.0178 e. The number of aryl methyl sites for hydroxylation is 1. The van der Waals surface area contributed by atoms with Gasteiger partial charge in [-0.15, -0.1) is 11.3 Å². The number of nitrogens with one attached hydrogen (secondary N) is 1. The van der Waals surface area contributed by atoms with Crippen LogP contribution < -0.4 is 5.32 Å². The van der Waals surface area contributed by atoms with Gasteiger partial charge in [0.1, 0.15) is 0 Å². The Hall–Kier alpha value is -0.640. The molecule has 0 saturated carbocycles. The third kappa shape index (κ3) is 3.58. The summed E-state index contributed by atoms with van der Waals surface area (Å²) in [5.74, 6) is 0.